The van der Waals surface area contributed by atoms with E-state index in [0.717, 1.165) is 29.2 Å². The van der Waals surface area contributed by atoms with Crippen LogP contribution >= 0.6 is 0 Å². The highest BCUT2D eigenvalue weighted by atomic mass is 14.6. The third kappa shape index (κ3) is 1.76. The highest BCUT2D eigenvalue weighted by Gasteiger charge is 2.58. The van der Waals surface area contributed by atoms with Crippen molar-refractivity contribution in [2.45, 2.75) is 78.1 Å². The summed E-state index contributed by atoms with van der Waals surface area (Å²) in [4.78, 5) is 0. The van der Waals surface area contributed by atoms with Crippen LogP contribution in [0.25, 0.3) is 0 Å². The molecule has 120 valence electrons. The summed E-state index contributed by atoms with van der Waals surface area (Å²) in [6, 6.07) is 2.54. The van der Waals surface area contributed by atoms with Gasteiger partial charge in [0.15, 0.2) is 0 Å². The van der Waals surface area contributed by atoms with Gasteiger partial charge in [0.25, 0.3) is 0 Å². The van der Waals surface area contributed by atoms with Crippen molar-refractivity contribution in [3.8, 4) is 6.07 Å². The second-order valence-electron chi connectivity index (χ2n) is 8.91. The molecule has 4 rings (SSSR count). The van der Waals surface area contributed by atoms with Gasteiger partial charge in [-0.05, 0) is 80.5 Å². The highest BCUT2D eigenvalue weighted by Crippen LogP contribution is 2.67. The number of hydrogen-bond acceptors (Lipinski definition) is 1. The molecule has 6 atom stereocenters. The van der Waals surface area contributed by atoms with Gasteiger partial charge < -0.3 is 0 Å². The van der Waals surface area contributed by atoms with Gasteiger partial charge in [0, 0.05) is 11.0 Å². The normalized spacial score (nSPS) is 50.3. The molecule has 0 radical (unpaired) electrons. The van der Waals surface area contributed by atoms with Gasteiger partial charge in [0.05, 0.1) is 6.07 Å². The van der Waals surface area contributed by atoms with Crippen LogP contribution in [-0.2, 0) is 0 Å². The van der Waals surface area contributed by atoms with Crippen LogP contribution in [0.1, 0.15) is 78.1 Å². The molecule has 0 aromatic heterocycles. The van der Waals surface area contributed by atoms with Gasteiger partial charge in [-0.1, -0.05) is 32.8 Å². The molecule has 4 aliphatic carbocycles. The van der Waals surface area contributed by atoms with E-state index < -0.39 is 0 Å². The van der Waals surface area contributed by atoms with Crippen LogP contribution < -0.4 is 0 Å². The topological polar surface area (TPSA) is 23.8 Å². The van der Waals surface area contributed by atoms with Gasteiger partial charge in [0.2, 0.25) is 0 Å². The van der Waals surface area contributed by atoms with E-state index in [1.807, 2.05) is 0 Å². The second kappa shape index (κ2) is 5.12. The minimum atomic E-state index is 0.215. The van der Waals surface area contributed by atoms with Crippen molar-refractivity contribution in [2.24, 2.45) is 34.5 Å². The number of nitrogens with zero attached hydrogens (tertiary/aromatic N) is 1. The van der Waals surface area contributed by atoms with Crippen molar-refractivity contribution in [1.29, 1.82) is 5.26 Å². The van der Waals surface area contributed by atoms with Crippen LogP contribution in [0.4, 0.5) is 0 Å². The monoisotopic (exact) mass is 297 g/mol. The van der Waals surface area contributed by atoms with Crippen LogP contribution in [0.3, 0.4) is 0 Å². The van der Waals surface area contributed by atoms with Crippen molar-refractivity contribution in [3.05, 3.63) is 11.6 Å². The standard InChI is InChI=1S/C21H31N/c1-3-21-12-5-4-6-15(21)7-9-17-18-10-8-16(14-22)20(18,2)13-11-19(17)21/h8,15,17-19H,3-7,9-13H2,1-2H3. The first kappa shape index (κ1) is 14.8. The molecule has 0 N–H and O–H groups in total. The Morgan fingerprint density at radius 2 is 2.00 bits per heavy atom. The zero-order valence-corrected chi connectivity index (χ0v) is 14.4. The number of allylic oxidation sites excluding steroid dienone is 2. The molecule has 0 heterocycles. The van der Waals surface area contributed by atoms with Crippen LogP contribution in [0.15, 0.2) is 11.6 Å². The quantitative estimate of drug-likeness (QED) is 0.594. The summed E-state index contributed by atoms with van der Waals surface area (Å²) in [7, 11) is 0. The Hall–Kier alpha value is -0.770. The van der Waals surface area contributed by atoms with Gasteiger partial charge in [-0.2, -0.15) is 5.26 Å². The Kier molecular flexibility index (Phi) is 3.44. The number of rotatable bonds is 1. The van der Waals surface area contributed by atoms with Gasteiger partial charge in [0.1, 0.15) is 0 Å². The highest BCUT2D eigenvalue weighted by molar-refractivity contribution is 5.35. The molecule has 0 amide bonds. The molecule has 0 aliphatic heterocycles. The molecule has 22 heavy (non-hydrogen) atoms. The molecular weight excluding hydrogens is 266 g/mol. The fourth-order valence-electron chi connectivity index (χ4n) is 7.52. The number of fused-ring (bicyclic) bond motifs is 5. The van der Waals surface area contributed by atoms with Crippen LogP contribution in [0.5, 0.6) is 0 Å². The molecule has 1 heteroatoms. The molecule has 0 bridgehead atoms. The lowest BCUT2D eigenvalue weighted by atomic mass is 9.44. The van der Waals surface area contributed by atoms with Crippen LogP contribution in [0.2, 0.25) is 0 Å². The molecule has 0 saturated heterocycles. The molecule has 0 spiro atoms. The lowest BCUT2D eigenvalue weighted by Crippen LogP contribution is -2.53. The molecule has 0 aromatic carbocycles. The lowest BCUT2D eigenvalue weighted by Gasteiger charge is -2.61. The Morgan fingerprint density at radius 3 is 2.77 bits per heavy atom. The van der Waals surface area contributed by atoms with Crippen LogP contribution in [-0.4, -0.2) is 0 Å². The van der Waals surface area contributed by atoms with Gasteiger partial charge >= 0.3 is 0 Å². The molecule has 6 unspecified atom stereocenters. The van der Waals surface area contributed by atoms with Gasteiger partial charge in [-0.25, -0.2) is 0 Å². The first-order valence-electron chi connectivity index (χ1n) is 9.76. The Balaban J connectivity index is 1.67. The van der Waals surface area contributed by atoms with Crippen molar-refractivity contribution in [2.75, 3.05) is 0 Å². The van der Waals surface area contributed by atoms with Crippen molar-refractivity contribution in [3.63, 3.8) is 0 Å². The van der Waals surface area contributed by atoms with E-state index in [2.05, 4.69) is 26.0 Å². The maximum atomic E-state index is 9.53. The third-order valence-corrected chi connectivity index (χ3v) is 8.64. The van der Waals surface area contributed by atoms with E-state index in [4.69, 9.17) is 0 Å². The zero-order valence-electron chi connectivity index (χ0n) is 14.4. The Bertz CT molecular complexity index is 527. The summed E-state index contributed by atoms with van der Waals surface area (Å²) >= 11 is 0. The van der Waals surface area contributed by atoms with E-state index in [1.165, 1.54) is 64.2 Å². The summed E-state index contributed by atoms with van der Waals surface area (Å²) < 4.78 is 0. The average Bonchev–Trinajstić information content (AvgIpc) is 2.90. The molecule has 4 aliphatic rings. The molecule has 3 saturated carbocycles. The fourth-order valence-corrected chi connectivity index (χ4v) is 7.52. The summed E-state index contributed by atoms with van der Waals surface area (Å²) in [6.07, 6.45) is 16.4. The van der Waals surface area contributed by atoms with Crippen LogP contribution in [0, 0.1) is 45.8 Å². The Labute approximate surface area is 136 Å². The maximum Gasteiger partial charge on any atom is 0.0949 e. The predicted octanol–water partition coefficient (Wildman–Crippen LogP) is 5.87. The van der Waals surface area contributed by atoms with Gasteiger partial charge in [-0.15, -0.1) is 0 Å². The van der Waals surface area contributed by atoms with Crippen molar-refractivity contribution >= 4 is 0 Å². The van der Waals surface area contributed by atoms with Crippen molar-refractivity contribution < 1.29 is 0 Å². The smallest absolute Gasteiger partial charge is 0.0949 e. The molecule has 3 fully saturated rings. The first-order chi connectivity index (χ1) is 10.7. The lowest BCUT2D eigenvalue weighted by molar-refractivity contribution is -0.110. The number of nitriles is 1. The second-order valence-corrected chi connectivity index (χ2v) is 8.91. The largest absolute Gasteiger partial charge is 0.193 e. The summed E-state index contributed by atoms with van der Waals surface area (Å²) in [5.41, 5.74) is 2.00. The zero-order chi connectivity index (χ0) is 15.4. The van der Waals surface area contributed by atoms with E-state index >= 15 is 0 Å². The maximum absolute atomic E-state index is 9.53. The van der Waals surface area contributed by atoms with Crippen molar-refractivity contribution in [1.82, 2.24) is 0 Å². The summed E-state index contributed by atoms with van der Waals surface area (Å²) in [5, 5.41) is 9.53. The fraction of sp³-hybridized carbons (Fsp3) is 0.857. The van der Waals surface area contributed by atoms with E-state index in [-0.39, 0.29) is 5.41 Å². The van der Waals surface area contributed by atoms with Gasteiger partial charge in [-0.3, -0.25) is 0 Å². The minimum Gasteiger partial charge on any atom is -0.193 e. The molecule has 1 nitrogen and oxygen atoms in total. The average molecular weight is 297 g/mol. The Morgan fingerprint density at radius 1 is 1.14 bits per heavy atom. The summed E-state index contributed by atoms with van der Waals surface area (Å²) in [6.45, 7) is 4.88. The molecule has 0 aromatic rings. The molecular formula is C21H31N. The summed E-state index contributed by atoms with van der Waals surface area (Å²) in [5.74, 6) is 3.64. The minimum absolute atomic E-state index is 0.215. The SMILES string of the molecule is CCC12CCCCC1CCC1C3CC=C(C#N)C3(C)CCC12. The van der Waals surface area contributed by atoms with E-state index in [0.29, 0.717) is 5.41 Å². The number of hydrogen-bond donors (Lipinski definition) is 0. The predicted molar refractivity (Wildman–Crippen MR) is 90.0 cm³/mol. The third-order valence-electron chi connectivity index (χ3n) is 8.64. The van der Waals surface area contributed by atoms with E-state index in [9.17, 15) is 5.26 Å². The first-order valence-corrected chi connectivity index (χ1v) is 9.76. The van der Waals surface area contributed by atoms with E-state index in [1.54, 1.807) is 0 Å².